The van der Waals surface area contributed by atoms with Crippen molar-refractivity contribution in [1.29, 1.82) is 0 Å². The molecule has 0 bridgehead atoms. The Morgan fingerprint density at radius 2 is 1.89 bits per heavy atom. The van der Waals surface area contributed by atoms with Crippen LogP contribution in [0.2, 0.25) is 0 Å². The second-order valence-corrected chi connectivity index (χ2v) is 5.54. The average Bonchev–Trinajstić information content (AvgIpc) is 2.25. The van der Waals surface area contributed by atoms with Gasteiger partial charge in [-0.1, -0.05) is 0 Å². The predicted octanol–water partition coefficient (Wildman–Crippen LogP) is -0.949. The molecule has 0 aromatic rings. The van der Waals surface area contributed by atoms with E-state index >= 15 is 0 Å². The van der Waals surface area contributed by atoms with Crippen LogP contribution >= 0.6 is 0 Å². The van der Waals surface area contributed by atoms with E-state index in [0.29, 0.717) is 0 Å². The van der Waals surface area contributed by atoms with E-state index in [1.54, 1.807) is 0 Å². The Kier molecular flexibility index (Phi) is 5.04. The second-order valence-electron chi connectivity index (χ2n) is 3.89. The van der Waals surface area contributed by atoms with Crippen molar-refractivity contribution in [3.05, 3.63) is 12.2 Å². The minimum absolute atomic E-state index is 0.246. The third-order valence-electron chi connectivity index (χ3n) is 2.21. The molecule has 0 aromatic carbocycles. The molecule has 19 heavy (non-hydrogen) atoms. The van der Waals surface area contributed by atoms with Crippen molar-refractivity contribution >= 4 is 22.0 Å². The number of carbonyl (C=O) groups is 2. The van der Waals surface area contributed by atoms with E-state index in [9.17, 15) is 18.0 Å². The molecule has 0 saturated heterocycles. The van der Waals surface area contributed by atoms with E-state index in [2.05, 4.69) is 0 Å². The summed E-state index contributed by atoms with van der Waals surface area (Å²) in [7, 11) is -3.94. The molecule has 0 fully saturated rings. The molecule has 0 unspecified atom stereocenters. The summed E-state index contributed by atoms with van der Waals surface area (Å²) in [6.07, 6.45) is 0.748. The van der Waals surface area contributed by atoms with Crippen molar-refractivity contribution in [2.45, 2.75) is 31.5 Å². The van der Waals surface area contributed by atoms with Crippen LogP contribution in [-0.2, 0) is 33.8 Å². The summed E-state index contributed by atoms with van der Waals surface area (Å²) in [6, 6.07) is 0. The summed E-state index contributed by atoms with van der Waals surface area (Å²) >= 11 is 0. The van der Waals surface area contributed by atoms with Crippen molar-refractivity contribution in [3.63, 3.8) is 0 Å². The lowest BCUT2D eigenvalue weighted by atomic mass is 10.1. The van der Waals surface area contributed by atoms with E-state index in [0.717, 1.165) is 0 Å². The van der Waals surface area contributed by atoms with E-state index in [1.165, 1.54) is 26.0 Å². The van der Waals surface area contributed by atoms with E-state index in [4.69, 9.17) is 19.3 Å². The number of sulfonamides is 1. The number of ether oxygens (including phenoxy) is 3. The maximum absolute atomic E-state index is 11.2. The fourth-order valence-electron chi connectivity index (χ4n) is 1.45. The zero-order valence-electron chi connectivity index (χ0n) is 10.4. The molecule has 1 aliphatic rings. The van der Waals surface area contributed by atoms with Crippen LogP contribution < -0.4 is 5.14 Å². The van der Waals surface area contributed by atoms with Crippen LogP contribution in [0.1, 0.15) is 13.8 Å². The highest BCUT2D eigenvalue weighted by atomic mass is 32.2. The predicted molar refractivity (Wildman–Crippen MR) is 63.1 cm³/mol. The van der Waals surface area contributed by atoms with Crippen LogP contribution in [0.3, 0.4) is 0 Å². The Balaban J connectivity index is 2.83. The molecule has 108 valence electrons. The Hall–Kier alpha value is -1.45. The van der Waals surface area contributed by atoms with Gasteiger partial charge in [-0.3, -0.25) is 9.59 Å². The monoisotopic (exact) mass is 293 g/mol. The van der Waals surface area contributed by atoms with Gasteiger partial charge in [0.15, 0.2) is 5.44 Å². The average molecular weight is 293 g/mol. The zero-order chi connectivity index (χ0) is 14.6. The number of primary sulfonamides is 1. The van der Waals surface area contributed by atoms with Gasteiger partial charge in [-0.25, -0.2) is 13.6 Å². The Morgan fingerprint density at radius 3 is 2.37 bits per heavy atom. The van der Waals surface area contributed by atoms with Gasteiger partial charge in [0.25, 0.3) is 0 Å². The molecular weight excluding hydrogens is 278 g/mol. The fraction of sp³-hybridized carbons (Fsp3) is 0.600. The van der Waals surface area contributed by atoms with Crippen LogP contribution in [0, 0.1) is 0 Å². The molecule has 0 spiro atoms. The summed E-state index contributed by atoms with van der Waals surface area (Å²) in [5, 5.41) is 4.96. The van der Waals surface area contributed by atoms with Crippen molar-refractivity contribution in [3.8, 4) is 0 Å². The highest BCUT2D eigenvalue weighted by Crippen LogP contribution is 2.19. The van der Waals surface area contributed by atoms with Crippen molar-refractivity contribution in [1.82, 2.24) is 0 Å². The summed E-state index contributed by atoms with van der Waals surface area (Å²) in [6.45, 7) is 2.14. The number of rotatable bonds is 4. The molecular formula is C10H15NO7S. The quantitative estimate of drug-likeness (QED) is 0.523. The SMILES string of the molecule is CC(=O)OC[C@H]1O[C@H](S(N)(=O)=O)C=C[C@@H]1OC(C)=O. The van der Waals surface area contributed by atoms with Crippen LogP contribution in [0.25, 0.3) is 0 Å². The number of hydrogen-bond donors (Lipinski definition) is 1. The fourth-order valence-corrected chi connectivity index (χ4v) is 2.05. The van der Waals surface area contributed by atoms with Crippen LogP contribution in [0.4, 0.5) is 0 Å². The topological polar surface area (TPSA) is 122 Å². The molecule has 1 heterocycles. The first kappa shape index (κ1) is 15.6. The van der Waals surface area contributed by atoms with Gasteiger partial charge in [0.2, 0.25) is 10.0 Å². The smallest absolute Gasteiger partial charge is 0.303 e. The summed E-state index contributed by atoms with van der Waals surface area (Å²) in [5.74, 6) is -1.13. The van der Waals surface area contributed by atoms with Gasteiger partial charge in [-0.05, 0) is 12.2 Å². The molecule has 3 atom stereocenters. The first-order valence-electron chi connectivity index (χ1n) is 5.36. The number of carbonyl (C=O) groups excluding carboxylic acids is 2. The van der Waals surface area contributed by atoms with Gasteiger partial charge >= 0.3 is 11.9 Å². The first-order valence-corrected chi connectivity index (χ1v) is 6.97. The highest BCUT2D eigenvalue weighted by molar-refractivity contribution is 7.89. The van der Waals surface area contributed by atoms with Crippen LogP contribution in [-0.4, -0.2) is 44.6 Å². The number of esters is 2. The standard InChI is InChI=1S/C10H15NO7S/c1-6(12)16-5-9-8(17-7(2)13)3-4-10(18-9)19(11,14)15/h3-4,8-10H,5H2,1-2H3,(H2,11,14,15)/t8-,9+,10+/m0/s1. The highest BCUT2D eigenvalue weighted by Gasteiger charge is 2.34. The number of hydrogen-bond acceptors (Lipinski definition) is 7. The lowest BCUT2D eigenvalue weighted by Gasteiger charge is -2.30. The number of nitrogens with two attached hydrogens (primary N) is 1. The molecule has 0 saturated carbocycles. The molecule has 1 rings (SSSR count). The van der Waals surface area contributed by atoms with Crippen LogP contribution in [0.15, 0.2) is 12.2 Å². The maximum Gasteiger partial charge on any atom is 0.303 e. The first-order chi connectivity index (χ1) is 8.70. The summed E-state index contributed by atoms with van der Waals surface area (Å²) < 4.78 is 37.2. The Bertz CT molecular complexity index is 484. The van der Waals surface area contributed by atoms with Crippen molar-refractivity contribution in [2.24, 2.45) is 5.14 Å². The normalized spacial score (nSPS) is 26.8. The minimum Gasteiger partial charge on any atom is -0.463 e. The van der Waals surface area contributed by atoms with E-state index in [1.807, 2.05) is 0 Å². The molecule has 1 aliphatic heterocycles. The third-order valence-corrected chi connectivity index (χ3v) is 3.13. The van der Waals surface area contributed by atoms with E-state index in [-0.39, 0.29) is 6.61 Å². The van der Waals surface area contributed by atoms with Gasteiger partial charge < -0.3 is 14.2 Å². The lowest BCUT2D eigenvalue weighted by Crippen LogP contribution is -2.45. The van der Waals surface area contributed by atoms with Gasteiger partial charge in [0, 0.05) is 13.8 Å². The van der Waals surface area contributed by atoms with Crippen molar-refractivity contribution in [2.75, 3.05) is 6.61 Å². The lowest BCUT2D eigenvalue weighted by molar-refractivity contribution is -0.160. The summed E-state index contributed by atoms with van der Waals surface area (Å²) in [5.41, 5.74) is -1.36. The molecule has 0 aromatic heterocycles. The summed E-state index contributed by atoms with van der Waals surface area (Å²) in [4.78, 5) is 21.7. The Morgan fingerprint density at radius 1 is 1.26 bits per heavy atom. The Labute approximate surface area is 110 Å². The van der Waals surface area contributed by atoms with Gasteiger partial charge in [-0.15, -0.1) is 0 Å². The molecule has 8 nitrogen and oxygen atoms in total. The largest absolute Gasteiger partial charge is 0.463 e. The van der Waals surface area contributed by atoms with Crippen molar-refractivity contribution < 1.29 is 32.2 Å². The maximum atomic E-state index is 11.2. The second kappa shape index (κ2) is 6.13. The van der Waals surface area contributed by atoms with Gasteiger partial charge in [0.05, 0.1) is 0 Å². The molecule has 0 radical (unpaired) electrons. The third kappa shape index (κ3) is 4.97. The minimum atomic E-state index is -3.94. The van der Waals surface area contributed by atoms with Crippen LogP contribution in [0.5, 0.6) is 0 Å². The molecule has 9 heteroatoms. The van der Waals surface area contributed by atoms with Gasteiger partial charge in [-0.2, -0.15) is 0 Å². The zero-order valence-corrected chi connectivity index (χ0v) is 11.3. The molecule has 2 N–H and O–H groups in total. The van der Waals surface area contributed by atoms with Gasteiger partial charge in [0.1, 0.15) is 18.8 Å². The molecule has 0 aliphatic carbocycles. The molecule has 0 amide bonds. The van der Waals surface area contributed by atoms with E-state index < -0.39 is 39.6 Å².